The molecule has 0 N–H and O–H groups in total. The van der Waals surface area contributed by atoms with E-state index in [-0.39, 0.29) is 30.5 Å². The Morgan fingerprint density at radius 1 is 1.00 bits per heavy atom. The summed E-state index contributed by atoms with van der Waals surface area (Å²) in [5.41, 5.74) is 0. The van der Waals surface area contributed by atoms with Crippen LogP contribution in [0.15, 0.2) is 57.9 Å². The minimum atomic E-state index is -3.59. The van der Waals surface area contributed by atoms with Gasteiger partial charge >= 0.3 is 0 Å². The molecule has 148 valence electrons. The maximum atomic E-state index is 12.8. The van der Waals surface area contributed by atoms with E-state index in [9.17, 15) is 13.2 Å². The smallest absolute Gasteiger partial charge is 0.267 e. The third kappa shape index (κ3) is 3.74. The Labute approximate surface area is 172 Å². The van der Waals surface area contributed by atoms with Crippen LogP contribution in [0, 0.1) is 0 Å². The Balaban J connectivity index is 1.40. The summed E-state index contributed by atoms with van der Waals surface area (Å²) in [5.74, 6) is 0.980. The second-order valence-corrected chi connectivity index (χ2v) is 9.40. The van der Waals surface area contributed by atoms with Gasteiger partial charge < -0.3 is 14.4 Å². The summed E-state index contributed by atoms with van der Waals surface area (Å²) in [4.78, 5) is 14.7. The highest BCUT2D eigenvalue weighted by Gasteiger charge is 2.35. The number of amides is 1. The zero-order chi connectivity index (χ0) is 19.7. The van der Waals surface area contributed by atoms with Crippen molar-refractivity contribution in [3.05, 3.63) is 53.0 Å². The number of carbonyl (C=O) groups is 1. The molecule has 0 spiro atoms. The summed E-state index contributed by atoms with van der Waals surface area (Å²) in [5, 5.41) is 0. The molecule has 0 unspecified atom stereocenters. The topological polar surface area (TPSA) is 76.2 Å². The molecule has 0 aromatic heterocycles. The van der Waals surface area contributed by atoms with Crippen molar-refractivity contribution in [2.45, 2.75) is 11.0 Å². The van der Waals surface area contributed by atoms with Crippen molar-refractivity contribution in [1.82, 2.24) is 9.21 Å². The van der Waals surface area contributed by atoms with Gasteiger partial charge in [-0.2, -0.15) is 4.31 Å². The van der Waals surface area contributed by atoms with E-state index in [1.807, 2.05) is 12.1 Å². The number of halogens is 1. The molecule has 1 fully saturated rings. The number of rotatable bonds is 3. The summed E-state index contributed by atoms with van der Waals surface area (Å²) in [6.45, 7) is 1.25. The standard InChI is InChI=1S/C19H19BrN2O5S/c20-14-4-3-5-15(12-14)28(24,25)22-10-8-21(9-11-22)19(23)18-13-26-16-6-1-2-7-17(16)27-18/h1-7,12,18H,8-11,13H2/t18-/m0/s1. The maximum absolute atomic E-state index is 12.8. The van der Waals surface area contributed by atoms with Gasteiger partial charge in [0.1, 0.15) is 6.61 Å². The van der Waals surface area contributed by atoms with Crippen LogP contribution in [-0.2, 0) is 14.8 Å². The van der Waals surface area contributed by atoms with Gasteiger partial charge in [0, 0.05) is 30.7 Å². The zero-order valence-electron chi connectivity index (χ0n) is 15.0. The Morgan fingerprint density at radius 2 is 1.71 bits per heavy atom. The number of carbonyl (C=O) groups excluding carboxylic acids is 1. The lowest BCUT2D eigenvalue weighted by Crippen LogP contribution is -2.55. The molecule has 28 heavy (non-hydrogen) atoms. The van der Waals surface area contributed by atoms with Gasteiger partial charge in [0.05, 0.1) is 4.90 Å². The summed E-state index contributed by atoms with van der Waals surface area (Å²) in [6, 6.07) is 13.8. The van der Waals surface area contributed by atoms with E-state index in [4.69, 9.17) is 9.47 Å². The lowest BCUT2D eigenvalue weighted by molar-refractivity contribution is -0.142. The Bertz CT molecular complexity index is 989. The predicted octanol–water partition coefficient (Wildman–Crippen LogP) is 2.12. The van der Waals surface area contributed by atoms with E-state index < -0.39 is 16.1 Å². The van der Waals surface area contributed by atoms with Crippen LogP contribution in [0.25, 0.3) is 0 Å². The molecule has 2 aromatic carbocycles. The molecule has 0 saturated carbocycles. The van der Waals surface area contributed by atoms with Gasteiger partial charge in [-0.15, -0.1) is 0 Å². The average molecular weight is 467 g/mol. The fraction of sp³-hybridized carbons (Fsp3) is 0.316. The van der Waals surface area contributed by atoms with Gasteiger partial charge in [0.15, 0.2) is 11.5 Å². The van der Waals surface area contributed by atoms with Gasteiger partial charge in [-0.3, -0.25) is 4.79 Å². The van der Waals surface area contributed by atoms with Crippen molar-refractivity contribution >= 4 is 31.9 Å². The molecular formula is C19H19BrN2O5S. The number of para-hydroxylation sites is 2. The van der Waals surface area contributed by atoms with Gasteiger partial charge in [-0.1, -0.05) is 34.1 Å². The Morgan fingerprint density at radius 3 is 2.43 bits per heavy atom. The van der Waals surface area contributed by atoms with Crippen molar-refractivity contribution in [2.24, 2.45) is 0 Å². The largest absolute Gasteiger partial charge is 0.485 e. The molecule has 4 rings (SSSR count). The fourth-order valence-corrected chi connectivity index (χ4v) is 5.29. The number of piperazine rings is 1. The summed E-state index contributed by atoms with van der Waals surface area (Å²) < 4.78 is 39.1. The normalized spacial score (nSPS) is 20.0. The zero-order valence-corrected chi connectivity index (χ0v) is 17.4. The van der Waals surface area contributed by atoms with Crippen LogP contribution in [0.2, 0.25) is 0 Å². The number of hydrogen-bond donors (Lipinski definition) is 0. The first-order valence-electron chi connectivity index (χ1n) is 8.88. The van der Waals surface area contributed by atoms with Crippen LogP contribution in [0.1, 0.15) is 0 Å². The number of fused-ring (bicyclic) bond motifs is 1. The Hall–Kier alpha value is -2.10. The molecule has 1 saturated heterocycles. The van der Waals surface area contributed by atoms with Crippen molar-refractivity contribution in [3.63, 3.8) is 0 Å². The Kier molecular flexibility index (Phi) is 5.31. The van der Waals surface area contributed by atoms with Gasteiger partial charge in [0.2, 0.25) is 16.1 Å². The maximum Gasteiger partial charge on any atom is 0.267 e. The molecule has 1 amide bonds. The number of sulfonamides is 1. The first-order valence-corrected chi connectivity index (χ1v) is 11.1. The lowest BCUT2D eigenvalue weighted by atomic mass is 10.2. The number of ether oxygens (including phenoxy) is 2. The van der Waals surface area contributed by atoms with Crippen LogP contribution in [0.4, 0.5) is 0 Å². The van der Waals surface area contributed by atoms with Crippen LogP contribution in [0.5, 0.6) is 11.5 Å². The van der Waals surface area contributed by atoms with Crippen molar-refractivity contribution < 1.29 is 22.7 Å². The summed E-state index contributed by atoms with van der Waals surface area (Å²) in [6.07, 6.45) is -0.719. The average Bonchev–Trinajstić information content (AvgIpc) is 2.73. The van der Waals surface area contributed by atoms with E-state index in [2.05, 4.69) is 15.9 Å². The van der Waals surface area contributed by atoms with Gasteiger partial charge in [-0.25, -0.2) is 8.42 Å². The van der Waals surface area contributed by atoms with Crippen LogP contribution in [0.3, 0.4) is 0 Å². The highest BCUT2D eigenvalue weighted by atomic mass is 79.9. The van der Waals surface area contributed by atoms with Crippen molar-refractivity contribution in [2.75, 3.05) is 32.8 Å². The quantitative estimate of drug-likeness (QED) is 0.692. The predicted molar refractivity (Wildman–Crippen MR) is 106 cm³/mol. The molecule has 1 atom stereocenters. The number of nitrogens with zero attached hydrogens (tertiary/aromatic N) is 2. The third-order valence-electron chi connectivity index (χ3n) is 4.77. The molecular weight excluding hydrogens is 448 g/mol. The van der Waals surface area contributed by atoms with E-state index in [0.29, 0.717) is 29.1 Å². The molecule has 0 aliphatic carbocycles. The van der Waals surface area contributed by atoms with E-state index in [1.165, 1.54) is 4.31 Å². The van der Waals surface area contributed by atoms with E-state index in [1.54, 1.807) is 41.3 Å². The minimum absolute atomic E-state index is 0.145. The summed E-state index contributed by atoms with van der Waals surface area (Å²) in [7, 11) is -3.59. The molecule has 9 heteroatoms. The molecule has 0 radical (unpaired) electrons. The number of benzene rings is 2. The van der Waals surface area contributed by atoms with Gasteiger partial charge in [-0.05, 0) is 30.3 Å². The van der Waals surface area contributed by atoms with Crippen molar-refractivity contribution in [1.29, 1.82) is 0 Å². The second-order valence-electron chi connectivity index (χ2n) is 6.55. The van der Waals surface area contributed by atoms with E-state index in [0.717, 1.165) is 0 Å². The van der Waals surface area contributed by atoms with Crippen LogP contribution >= 0.6 is 15.9 Å². The monoisotopic (exact) mass is 466 g/mol. The van der Waals surface area contributed by atoms with E-state index >= 15 is 0 Å². The highest BCUT2D eigenvalue weighted by molar-refractivity contribution is 9.10. The third-order valence-corrected chi connectivity index (χ3v) is 7.16. The fourth-order valence-electron chi connectivity index (χ4n) is 3.27. The highest BCUT2D eigenvalue weighted by Crippen LogP contribution is 2.31. The number of hydrogen-bond acceptors (Lipinski definition) is 5. The van der Waals surface area contributed by atoms with Crippen LogP contribution in [-0.4, -0.2) is 62.4 Å². The molecule has 2 aromatic rings. The summed E-state index contributed by atoms with van der Waals surface area (Å²) >= 11 is 3.30. The first kappa shape index (κ1) is 19.2. The van der Waals surface area contributed by atoms with Gasteiger partial charge in [0.25, 0.3) is 5.91 Å². The van der Waals surface area contributed by atoms with Crippen molar-refractivity contribution in [3.8, 4) is 11.5 Å². The molecule has 0 bridgehead atoms. The van der Waals surface area contributed by atoms with Crippen LogP contribution < -0.4 is 9.47 Å². The molecule has 7 nitrogen and oxygen atoms in total. The first-order chi connectivity index (χ1) is 13.4. The molecule has 2 aliphatic rings. The minimum Gasteiger partial charge on any atom is -0.485 e. The lowest BCUT2D eigenvalue weighted by Gasteiger charge is -2.36. The molecule has 2 heterocycles. The SMILES string of the molecule is O=C([C@@H]1COc2ccccc2O1)N1CCN(S(=O)(=O)c2cccc(Br)c2)CC1. The second kappa shape index (κ2) is 7.73. The molecule has 2 aliphatic heterocycles.